The van der Waals surface area contributed by atoms with Crippen LogP contribution in [0.2, 0.25) is 0 Å². The van der Waals surface area contributed by atoms with Gasteiger partial charge < -0.3 is 4.90 Å². The van der Waals surface area contributed by atoms with Gasteiger partial charge in [0.25, 0.3) is 5.91 Å². The van der Waals surface area contributed by atoms with Gasteiger partial charge in [-0.25, -0.2) is 9.67 Å². The molecule has 24 heavy (non-hydrogen) atoms. The maximum Gasteiger partial charge on any atom is 0.254 e. The number of likely N-dealkylation sites (tertiary alicyclic amines) is 1. The molecule has 3 aromatic rings. The topological polar surface area (TPSA) is 63.9 Å². The van der Waals surface area contributed by atoms with Gasteiger partial charge >= 0.3 is 0 Å². The van der Waals surface area contributed by atoms with Gasteiger partial charge in [0.2, 0.25) is 0 Å². The molecule has 1 aliphatic rings. The van der Waals surface area contributed by atoms with E-state index in [2.05, 4.69) is 20.7 Å². The fourth-order valence-electron chi connectivity index (χ4n) is 3.30. The van der Waals surface area contributed by atoms with Crippen LogP contribution in [0.4, 0.5) is 0 Å². The van der Waals surface area contributed by atoms with Gasteiger partial charge in [-0.2, -0.15) is 0 Å². The number of thiazole rings is 1. The molecule has 0 saturated carbocycles. The molecule has 0 spiro atoms. The van der Waals surface area contributed by atoms with E-state index >= 15 is 0 Å². The molecule has 124 valence electrons. The van der Waals surface area contributed by atoms with Crippen LogP contribution in [0.3, 0.4) is 0 Å². The lowest BCUT2D eigenvalue weighted by molar-refractivity contribution is 0.0611. The zero-order valence-electron chi connectivity index (χ0n) is 13.8. The Labute approximate surface area is 144 Å². The Balaban J connectivity index is 1.67. The van der Waals surface area contributed by atoms with E-state index in [-0.39, 0.29) is 11.9 Å². The molecule has 1 aliphatic heterocycles. The standard InChI is InChI=1S/C17H19N5OS/c1-11-10-24-16(18-11)15-5-3-4-8-22(15)17(23)12-6-7-14-13(9-12)19-20-21(14)2/h6-7,9-10,15H,3-5,8H2,1-2H3/t15-/m0/s1. The highest BCUT2D eigenvalue weighted by atomic mass is 32.1. The molecule has 0 bridgehead atoms. The summed E-state index contributed by atoms with van der Waals surface area (Å²) in [5.74, 6) is 0.0557. The van der Waals surface area contributed by atoms with E-state index < -0.39 is 0 Å². The van der Waals surface area contributed by atoms with Crippen molar-refractivity contribution < 1.29 is 4.79 Å². The minimum atomic E-state index is 0.0557. The van der Waals surface area contributed by atoms with Crippen molar-refractivity contribution in [3.8, 4) is 0 Å². The molecule has 1 saturated heterocycles. The highest BCUT2D eigenvalue weighted by Crippen LogP contribution is 2.34. The Morgan fingerprint density at radius 2 is 2.21 bits per heavy atom. The molecule has 6 nitrogen and oxygen atoms in total. The number of fused-ring (bicyclic) bond motifs is 1. The molecule has 3 heterocycles. The number of benzene rings is 1. The number of carbonyl (C=O) groups excluding carboxylic acids is 1. The van der Waals surface area contributed by atoms with Crippen molar-refractivity contribution >= 4 is 28.3 Å². The van der Waals surface area contributed by atoms with Crippen LogP contribution in [0.5, 0.6) is 0 Å². The van der Waals surface area contributed by atoms with Crippen molar-refractivity contribution in [1.82, 2.24) is 24.9 Å². The zero-order valence-corrected chi connectivity index (χ0v) is 14.6. The molecule has 0 unspecified atom stereocenters. The number of nitrogens with zero attached hydrogens (tertiary/aromatic N) is 5. The number of aryl methyl sites for hydroxylation is 2. The fraction of sp³-hybridized carbons (Fsp3) is 0.412. The summed E-state index contributed by atoms with van der Waals surface area (Å²) in [5, 5.41) is 11.2. The van der Waals surface area contributed by atoms with Crippen LogP contribution in [0.25, 0.3) is 11.0 Å². The summed E-state index contributed by atoms with van der Waals surface area (Å²) < 4.78 is 1.71. The monoisotopic (exact) mass is 341 g/mol. The van der Waals surface area contributed by atoms with Gasteiger partial charge in [-0.3, -0.25) is 4.79 Å². The van der Waals surface area contributed by atoms with Crippen molar-refractivity contribution in [1.29, 1.82) is 0 Å². The Bertz CT molecular complexity index is 899. The number of aromatic nitrogens is 4. The molecule has 0 aliphatic carbocycles. The molecule has 0 N–H and O–H groups in total. The number of amides is 1. The number of rotatable bonds is 2. The summed E-state index contributed by atoms with van der Waals surface area (Å²) in [5.41, 5.74) is 3.37. The largest absolute Gasteiger partial charge is 0.329 e. The van der Waals surface area contributed by atoms with Crippen LogP contribution in [0.15, 0.2) is 23.6 Å². The maximum absolute atomic E-state index is 13.1. The minimum Gasteiger partial charge on any atom is -0.329 e. The molecule has 2 aromatic heterocycles. The molecule has 1 aromatic carbocycles. The molecular formula is C17H19N5OS. The first-order chi connectivity index (χ1) is 11.6. The SMILES string of the molecule is Cc1csc([C@@H]2CCCCN2C(=O)c2ccc3c(c2)nnn3C)n1. The van der Waals surface area contributed by atoms with E-state index in [4.69, 9.17) is 0 Å². The summed E-state index contributed by atoms with van der Waals surface area (Å²) in [4.78, 5) is 19.7. The summed E-state index contributed by atoms with van der Waals surface area (Å²) in [6.45, 7) is 2.78. The molecule has 4 rings (SSSR count). The second kappa shape index (κ2) is 5.98. The third kappa shape index (κ3) is 2.58. The highest BCUT2D eigenvalue weighted by molar-refractivity contribution is 7.09. The Kier molecular flexibility index (Phi) is 3.80. The van der Waals surface area contributed by atoms with E-state index in [9.17, 15) is 4.79 Å². The van der Waals surface area contributed by atoms with E-state index in [1.165, 1.54) is 0 Å². The van der Waals surface area contributed by atoms with Crippen LogP contribution in [0, 0.1) is 6.92 Å². The maximum atomic E-state index is 13.1. The smallest absolute Gasteiger partial charge is 0.254 e. The van der Waals surface area contributed by atoms with Gasteiger partial charge in [0, 0.05) is 30.2 Å². The van der Waals surface area contributed by atoms with E-state index in [0.29, 0.717) is 5.56 Å². The first-order valence-electron chi connectivity index (χ1n) is 8.16. The Hall–Kier alpha value is -2.28. The lowest BCUT2D eigenvalue weighted by Gasteiger charge is -2.34. The van der Waals surface area contributed by atoms with Crippen molar-refractivity contribution in [2.45, 2.75) is 32.2 Å². The fourth-order valence-corrected chi connectivity index (χ4v) is 4.24. The first kappa shape index (κ1) is 15.3. The molecule has 7 heteroatoms. The van der Waals surface area contributed by atoms with Gasteiger partial charge in [-0.05, 0) is 44.4 Å². The highest BCUT2D eigenvalue weighted by Gasteiger charge is 2.30. The number of piperidine rings is 1. The summed E-state index contributed by atoms with van der Waals surface area (Å²) in [7, 11) is 1.85. The number of hydrogen-bond donors (Lipinski definition) is 0. The van der Waals surface area contributed by atoms with Gasteiger partial charge in [0.1, 0.15) is 10.5 Å². The molecular weight excluding hydrogens is 322 g/mol. The number of carbonyl (C=O) groups is 1. The third-order valence-electron chi connectivity index (χ3n) is 4.54. The summed E-state index contributed by atoms with van der Waals surface area (Å²) >= 11 is 1.65. The van der Waals surface area contributed by atoms with E-state index in [1.807, 2.05) is 37.1 Å². The van der Waals surface area contributed by atoms with Crippen LogP contribution in [0.1, 0.15) is 46.4 Å². The third-order valence-corrected chi connectivity index (χ3v) is 5.61. The van der Waals surface area contributed by atoms with Crippen molar-refractivity contribution in [3.63, 3.8) is 0 Å². The average Bonchev–Trinajstić information content (AvgIpc) is 3.20. The average molecular weight is 341 g/mol. The van der Waals surface area contributed by atoms with Crippen LogP contribution < -0.4 is 0 Å². The predicted octanol–water partition coefficient (Wildman–Crippen LogP) is 3.10. The van der Waals surface area contributed by atoms with E-state index in [0.717, 1.165) is 47.5 Å². The molecule has 0 radical (unpaired) electrons. The zero-order chi connectivity index (χ0) is 16.7. The van der Waals surface area contributed by atoms with Crippen molar-refractivity contribution in [3.05, 3.63) is 39.8 Å². The van der Waals surface area contributed by atoms with Crippen molar-refractivity contribution in [2.75, 3.05) is 6.54 Å². The molecule has 1 fully saturated rings. The van der Waals surface area contributed by atoms with Crippen LogP contribution in [-0.4, -0.2) is 37.3 Å². The van der Waals surface area contributed by atoms with Crippen LogP contribution >= 0.6 is 11.3 Å². The van der Waals surface area contributed by atoms with Gasteiger partial charge in [-0.15, -0.1) is 16.4 Å². The van der Waals surface area contributed by atoms with Crippen LogP contribution in [-0.2, 0) is 7.05 Å². The Morgan fingerprint density at radius 1 is 1.33 bits per heavy atom. The van der Waals surface area contributed by atoms with Gasteiger partial charge in [-0.1, -0.05) is 5.21 Å². The lowest BCUT2D eigenvalue weighted by Crippen LogP contribution is -2.38. The Morgan fingerprint density at radius 3 is 3.00 bits per heavy atom. The quantitative estimate of drug-likeness (QED) is 0.718. The summed E-state index contributed by atoms with van der Waals surface area (Å²) in [6, 6.07) is 5.70. The normalized spacial score (nSPS) is 18.2. The number of hydrogen-bond acceptors (Lipinski definition) is 5. The minimum absolute atomic E-state index is 0.0557. The van der Waals surface area contributed by atoms with Gasteiger partial charge in [0.05, 0.1) is 11.6 Å². The predicted molar refractivity (Wildman–Crippen MR) is 93.0 cm³/mol. The van der Waals surface area contributed by atoms with Crippen molar-refractivity contribution in [2.24, 2.45) is 7.05 Å². The summed E-state index contributed by atoms with van der Waals surface area (Å²) in [6.07, 6.45) is 3.16. The second-order valence-electron chi connectivity index (χ2n) is 6.25. The second-order valence-corrected chi connectivity index (χ2v) is 7.14. The first-order valence-corrected chi connectivity index (χ1v) is 9.04. The van der Waals surface area contributed by atoms with E-state index in [1.54, 1.807) is 16.0 Å². The lowest BCUT2D eigenvalue weighted by atomic mass is 10.0. The molecule has 1 amide bonds. The van der Waals surface area contributed by atoms with Gasteiger partial charge in [0.15, 0.2) is 0 Å². The molecule has 1 atom stereocenters.